The van der Waals surface area contributed by atoms with Gasteiger partial charge in [0.05, 0.1) is 23.6 Å². The first-order valence-corrected chi connectivity index (χ1v) is 12.9. The maximum atomic E-state index is 13.4. The first kappa shape index (κ1) is 22.6. The second kappa shape index (κ2) is 7.65. The van der Waals surface area contributed by atoms with Crippen LogP contribution in [0.15, 0.2) is 56.0 Å². The number of methoxy groups -OCH3 is 1. The van der Waals surface area contributed by atoms with E-state index in [1.165, 1.54) is 29.6 Å². The van der Waals surface area contributed by atoms with Crippen LogP contribution in [0.25, 0.3) is 0 Å². The fourth-order valence-electron chi connectivity index (χ4n) is 5.68. The Balaban J connectivity index is 1.48. The summed E-state index contributed by atoms with van der Waals surface area (Å²) in [6.45, 7) is 5.24. The average Bonchev–Trinajstić information content (AvgIpc) is 3.22. The number of rotatable bonds is 3. The molecule has 1 spiro atoms. The normalized spacial score (nSPS) is 24.1. The zero-order valence-electron chi connectivity index (χ0n) is 18.9. The van der Waals surface area contributed by atoms with Crippen molar-refractivity contribution in [1.82, 2.24) is 9.62 Å². The Morgan fingerprint density at radius 3 is 2.61 bits per heavy atom. The number of dihydropyridines is 1. The van der Waals surface area contributed by atoms with Gasteiger partial charge in [0.15, 0.2) is 11.6 Å². The summed E-state index contributed by atoms with van der Waals surface area (Å²) in [4.78, 5) is 13.5. The number of hydrogen-bond donors (Lipinski definition) is 1. The molecule has 176 valence electrons. The third-order valence-electron chi connectivity index (χ3n) is 7.22. The zero-order chi connectivity index (χ0) is 23.6. The van der Waals surface area contributed by atoms with Crippen molar-refractivity contribution in [2.24, 2.45) is 21.1 Å². The van der Waals surface area contributed by atoms with Gasteiger partial charge in [-0.2, -0.15) is 9.42 Å². The van der Waals surface area contributed by atoms with Crippen LogP contribution in [0.3, 0.4) is 0 Å². The highest BCUT2D eigenvalue weighted by Crippen LogP contribution is 2.55. The number of sulfonamides is 1. The number of nitrogens with zero attached hydrogens (tertiary/aromatic N) is 3. The first-order valence-electron chi connectivity index (χ1n) is 11.1. The third-order valence-corrected chi connectivity index (χ3v) is 9.43. The SMILES string of the molecule is COc1cc(S(=O)(=O)N2CCC3(CC2)C2=C(N=NC2)NC2=C3C(=O)CC(C)(C)C2)ccc1Cl. The van der Waals surface area contributed by atoms with Crippen LogP contribution in [-0.4, -0.2) is 45.3 Å². The van der Waals surface area contributed by atoms with Crippen molar-refractivity contribution in [2.45, 2.75) is 44.4 Å². The Kier molecular flexibility index (Phi) is 5.23. The van der Waals surface area contributed by atoms with Gasteiger partial charge in [-0.1, -0.05) is 25.4 Å². The minimum absolute atomic E-state index is 0.129. The molecule has 1 N–H and O–H groups in total. The van der Waals surface area contributed by atoms with E-state index in [1.54, 1.807) is 0 Å². The molecule has 1 aromatic carbocycles. The number of fused-ring (bicyclic) bond motifs is 2. The summed E-state index contributed by atoms with van der Waals surface area (Å²) in [6.07, 6.45) is 2.29. The molecule has 0 bridgehead atoms. The van der Waals surface area contributed by atoms with E-state index >= 15 is 0 Å². The number of piperidine rings is 1. The number of carbonyl (C=O) groups excluding carboxylic acids is 1. The number of Topliss-reactive ketones (excluding diaryl/α,β-unsaturated/α-hetero) is 1. The van der Waals surface area contributed by atoms with E-state index in [0.717, 1.165) is 29.1 Å². The molecule has 1 aliphatic carbocycles. The number of halogens is 1. The molecule has 33 heavy (non-hydrogen) atoms. The Hall–Kier alpha value is -2.23. The maximum Gasteiger partial charge on any atom is 0.243 e. The van der Waals surface area contributed by atoms with Gasteiger partial charge in [-0.15, -0.1) is 5.11 Å². The molecule has 1 saturated heterocycles. The second-order valence-electron chi connectivity index (χ2n) is 9.93. The molecule has 4 aliphatic rings. The van der Waals surface area contributed by atoms with Gasteiger partial charge in [-0.3, -0.25) is 4.79 Å². The number of allylic oxidation sites excluding steroid dienone is 2. The highest BCUT2D eigenvalue weighted by molar-refractivity contribution is 7.89. The molecular weight excluding hydrogens is 464 g/mol. The molecule has 8 nitrogen and oxygen atoms in total. The fourth-order valence-corrected chi connectivity index (χ4v) is 7.33. The third kappa shape index (κ3) is 3.52. The Bertz CT molecular complexity index is 1240. The van der Waals surface area contributed by atoms with Crippen molar-refractivity contribution in [1.29, 1.82) is 0 Å². The van der Waals surface area contributed by atoms with Crippen LogP contribution in [0.2, 0.25) is 5.02 Å². The molecular formula is C23H27ClN4O4S. The molecule has 0 atom stereocenters. The van der Waals surface area contributed by atoms with Gasteiger partial charge in [0.25, 0.3) is 0 Å². The smallest absolute Gasteiger partial charge is 0.243 e. The topological polar surface area (TPSA) is 100 Å². The summed E-state index contributed by atoms with van der Waals surface area (Å²) >= 11 is 6.08. The van der Waals surface area contributed by atoms with E-state index in [9.17, 15) is 13.2 Å². The molecule has 0 aromatic heterocycles. The van der Waals surface area contributed by atoms with Crippen molar-refractivity contribution < 1.29 is 17.9 Å². The van der Waals surface area contributed by atoms with Crippen LogP contribution in [0.4, 0.5) is 0 Å². The van der Waals surface area contributed by atoms with E-state index in [-0.39, 0.29) is 16.1 Å². The van der Waals surface area contributed by atoms with Gasteiger partial charge in [-0.05, 0) is 36.8 Å². The van der Waals surface area contributed by atoms with E-state index < -0.39 is 15.4 Å². The molecule has 0 amide bonds. The van der Waals surface area contributed by atoms with Crippen LogP contribution in [0.5, 0.6) is 5.75 Å². The summed E-state index contributed by atoms with van der Waals surface area (Å²) < 4.78 is 33.5. The molecule has 3 aliphatic heterocycles. The van der Waals surface area contributed by atoms with Crippen molar-refractivity contribution in [3.05, 3.63) is 45.9 Å². The minimum atomic E-state index is -3.74. The molecule has 0 unspecified atom stereocenters. The standard InChI is InChI=1S/C23H27ClN4O4S/c1-22(2)11-17-20(18(29)12-22)23(15-13-25-27-21(15)26-17)6-8-28(9-7-23)33(30,31)14-4-5-16(24)19(10-14)32-3/h4-5,10,26H,6-9,11-13H2,1-3H3. The van der Waals surface area contributed by atoms with Crippen LogP contribution in [0.1, 0.15) is 39.5 Å². The van der Waals surface area contributed by atoms with Gasteiger partial charge in [0.1, 0.15) is 5.75 Å². The van der Waals surface area contributed by atoms with Gasteiger partial charge in [0, 0.05) is 47.8 Å². The number of ether oxygens (including phenoxy) is 1. The number of nitrogens with one attached hydrogen (secondary N) is 1. The van der Waals surface area contributed by atoms with Gasteiger partial charge >= 0.3 is 0 Å². The second-order valence-corrected chi connectivity index (χ2v) is 12.3. The van der Waals surface area contributed by atoms with Crippen molar-refractivity contribution in [3.63, 3.8) is 0 Å². The Morgan fingerprint density at radius 2 is 1.91 bits per heavy atom. The number of azo groups is 1. The number of ketones is 1. The molecule has 1 aromatic rings. The average molecular weight is 491 g/mol. The summed E-state index contributed by atoms with van der Waals surface area (Å²) in [6, 6.07) is 4.48. The van der Waals surface area contributed by atoms with Crippen molar-refractivity contribution in [3.8, 4) is 5.75 Å². The van der Waals surface area contributed by atoms with Crippen molar-refractivity contribution >= 4 is 27.4 Å². The quantitative estimate of drug-likeness (QED) is 0.689. The number of carbonyl (C=O) groups is 1. The van der Waals surface area contributed by atoms with Crippen molar-refractivity contribution in [2.75, 3.05) is 26.7 Å². The summed E-state index contributed by atoms with van der Waals surface area (Å²) in [7, 11) is -2.28. The first-order chi connectivity index (χ1) is 15.6. The maximum absolute atomic E-state index is 13.4. The number of benzene rings is 1. The molecule has 0 saturated carbocycles. The van der Waals surface area contributed by atoms with Crippen LogP contribution < -0.4 is 10.1 Å². The van der Waals surface area contributed by atoms with Gasteiger partial charge in [0.2, 0.25) is 10.0 Å². The van der Waals surface area contributed by atoms with E-state index in [4.69, 9.17) is 16.3 Å². The monoisotopic (exact) mass is 490 g/mol. The summed E-state index contributed by atoms with van der Waals surface area (Å²) in [5.41, 5.74) is 2.11. The minimum Gasteiger partial charge on any atom is -0.495 e. The van der Waals surface area contributed by atoms with E-state index in [0.29, 0.717) is 49.7 Å². The number of hydrogen-bond acceptors (Lipinski definition) is 7. The summed E-state index contributed by atoms with van der Waals surface area (Å²) in [5, 5.41) is 12.3. The zero-order valence-corrected chi connectivity index (χ0v) is 20.5. The largest absolute Gasteiger partial charge is 0.495 e. The molecule has 5 rings (SSSR count). The van der Waals surface area contributed by atoms with Crippen LogP contribution in [-0.2, 0) is 14.8 Å². The lowest BCUT2D eigenvalue weighted by Crippen LogP contribution is -2.50. The van der Waals surface area contributed by atoms with Gasteiger partial charge in [-0.25, -0.2) is 8.42 Å². The lowest BCUT2D eigenvalue weighted by molar-refractivity contribution is -0.119. The predicted molar refractivity (Wildman–Crippen MR) is 123 cm³/mol. The molecule has 1 fully saturated rings. The molecule has 0 radical (unpaired) electrons. The molecule has 3 heterocycles. The lowest BCUT2D eigenvalue weighted by Gasteiger charge is -2.48. The highest BCUT2D eigenvalue weighted by atomic mass is 35.5. The highest BCUT2D eigenvalue weighted by Gasteiger charge is 2.53. The van der Waals surface area contributed by atoms with Crippen LogP contribution in [0, 0.1) is 10.8 Å². The predicted octanol–water partition coefficient (Wildman–Crippen LogP) is 4.04. The fraction of sp³-hybridized carbons (Fsp3) is 0.522. The van der Waals surface area contributed by atoms with Gasteiger partial charge < -0.3 is 10.1 Å². The summed E-state index contributed by atoms with van der Waals surface area (Å²) in [5.74, 6) is 1.20. The Morgan fingerprint density at radius 1 is 1.18 bits per heavy atom. The van der Waals surface area contributed by atoms with E-state index in [1.807, 2.05) is 0 Å². The Labute approximate surface area is 198 Å². The lowest BCUT2D eigenvalue weighted by atomic mass is 9.60. The van der Waals surface area contributed by atoms with Crippen LogP contribution >= 0.6 is 11.6 Å². The van der Waals surface area contributed by atoms with E-state index in [2.05, 4.69) is 29.4 Å². The molecule has 10 heteroatoms.